The van der Waals surface area contributed by atoms with Crippen LogP contribution in [-0.2, 0) is 4.79 Å². The molecule has 0 saturated heterocycles. The quantitative estimate of drug-likeness (QED) is 0.813. The Hall–Kier alpha value is -1.56. The Labute approximate surface area is 102 Å². The molecule has 0 heterocycles. The van der Waals surface area contributed by atoms with Crippen LogP contribution in [0.3, 0.4) is 0 Å². The Kier molecular flexibility index (Phi) is 2.82. The van der Waals surface area contributed by atoms with E-state index < -0.39 is 23.0 Å². The Bertz CT molecular complexity index is 500. The molecule has 17 heavy (non-hydrogen) atoms. The summed E-state index contributed by atoms with van der Waals surface area (Å²) in [7, 11) is 0. The molecule has 0 unspecified atom stereocenters. The van der Waals surface area contributed by atoms with Crippen molar-refractivity contribution in [2.24, 2.45) is 11.1 Å². The Balaban J connectivity index is 2.19. The zero-order chi connectivity index (χ0) is 12.6. The molecule has 0 spiro atoms. The molecule has 3 nitrogen and oxygen atoms in total. The minimum atomic E-state index is -0.881. The van der Waals surface area contributed by atoms with Gasteiger partial charge >= 0.3 is 0 Å². The van der Waals surface area contributed by atoms with Gasteiger partial charge in [0, 0.05) is 6.07 Å². The molecule has 3 N–H and O–H groups in total. The molecule has 1 amide bonds. The van der Waals surface area contributed by atoms with Gasteiger partial charge in [-0.2, -0.15) is 0 Å². The predicted octanol–water partition coefficient (Wildman–Crippen LogP) is 1.97. The van der Waals surface area contributed by atoms with E-state index in [-0.39, 0.29) is 10.7 Å². The summed E-state index contributed by atoms with van der Waals surface area (Å²) in [6, 6.07) is 2.85. The molecule has 1 saturated carbocycles. The highest BCUT2D eigenvalue weighted by atomic mass is 32.1. The van der Waals surface area contributed by atoms with Gasteiger partial charge in [0.1, 0.15) is 11.6 Å². The monoisotopic (exact) mass is 256 g/mol. The van der Waals surface area contributed by atoms with Crippen LogP contribution >= 0.6 is 12.2 Å². The number of halogens is 2. The summed E-state index contributed by atoms with van der Waals surface area (Å²) >= 11 is 4.79. The zero-order valence-electron chi connectivity index (χ0n) is 8.80. The first kappa shape index (κ1) is 11.9. The number of anilines is 1. The van der Waals surface area contributed by atoms with Crippen LogP contribution in [0, 0.1) is 17.0 Å². The van der Waals surface area contributed by atoms with Crippen LogP contribution in [0.5, 0.6) is 0 Å². The van der Waals surface area contributed by atoms with Crippen molar-refractivity contribution in [3.8, 4) is 0 Å². The van der Waals surface area contributed by atoms with E-state index in [1.807, 2.05) is 0 Å². The summed E-state index contributed by atoms with van der Waals surface area (Å²) in [6.45, 7) is 0. The summed E-state index contributed by atoms with van der Waals surface area (Å²) in [6.07, 6.45) is 1.09. The maximum absolute atomic E-state index is 13.3. The number of nitrogens with one attached hydrogen (secondary N) is 1. The van der Waals surface area contributed by atoms with Gasteiger partial charge in [0.25, 0.3) is 0 Å². The van der Waals surface area contributed by atoms with Gasteiger partial charge in [-0.1, -0.05) is 12.2 Å². The van der Waals surface area contributed by atoms with Gasteiger partial charge in [-0.3, -0.25) is 4.79 Å². The molecule has 1 aliphatic rings. The number of rotatable bonds is 3. The molecule has 0 radical (unpaired) electrons. The normalized spacial score (nSPS) is 16.4. The van der Waals surface area contributed by atoms with Gasteiger partial charge < -0.3 is 11.1 Å². The largest absolute Gasteiger partial charge is 0.392 e. The molecule has 2 rings (SSSR count). The number of hydrogen-bond acceptors (Lipinski definition) is 2. The van der Waals surface area contributed by atoms with Crippen LogP contribution in [0.2, 0.25) is 0 Å². The second-order valence-corrected chi connectivity index (χ2v) is 4.46. The summed E-state index contributed by atoms with van der Waals surface area (Å²) in [5, 5.41) is 2.31. The average molecular weight is 256 g/mol. The van der Waals surface area contributed by atoms with Crippen LogP contribution in [0.4, 0.5) is 14.5 Å². The van der Waals surface area contributed by atoms with E-state index >= 15 is 0 Å². The average Bonchev–Trinajstić information content (AvgIpc) is 3.04. The molecule has 0 bridgehead atoms. The molecule has 1 aromatic carbocycles. The maximum Gasteiger partial charge on any atom is 0.237 e. The lowest BCUT2D eigenvalue weighted by molar-refractivity contribution is -0.118. The SMILES string of the molecule is NC(=S)C1(C(=O)Nc2cc(F)ccc2F)CC1. The van der Waals surface area contributed by atoms with Crippen LogP contribution < -0.4 is 11.1 Å². The molecule has 6 heteroatoms. The lowest BCUT2D eigenvalue weighted by atomic mass is 10.1. The number of thiocarbonyl (C=S) groups is 1. The Morgan fingerprint density at radius 2 is 2.06 bits per heavy atom. The van der Waals surface area contributed by atoms with E-state index in [0.29, 0.717) is 12.8 Å². The summed E-state index contributed by atoms with van der Waals surface area (Å²) in [5.74, 6) is -1.80. The molecule has 1 fully saturated rings. The van der Waals surface area contributed by atoms with Crippen LogP contribution in [0.15, 0.2) is 18.2 Å². The highest BCUT2D eigenvalue weighted by Gasteiger charge is 2.52. The second kappa shape index (κ2) is 4.03. The van der Waals surface area contributed by atoms with E-state index in [2.05, 4.69) is 5.32 Å². The van der Waals surface area contributed by atoms with Crippen molar-refractivity contribution in [1.29, 1.82) is 0 Å². The number of benzene rings is 1. The topological polar surface area (TPSA) is 55.1 Å². The lowest BCUT2D eigenvalue weighted by Crippen LogP contribution is -2.35. The number of carbonyl (C=O) groups excluding carboxylic acids is 1. The van der Waals surface area contributed by atoms with Gasteiger partial charge in [0.2, 0.25) is 5.91 Å². The van der Waals surface area contributed by atoms with E-state index in [9.17, 15) is 13.6 Å². The van der Waals surface area contributed by atoms with Crippen molar-refractivity contribution in [3.05, 3.63) is 29.8 Å². The summed E-state index contributed by atoms with van der Waals surface area (Å²) in [5.41, 5.74) is 4.38. The molecule has 0 aromatic heterocycles. The van der Waals surface area contributed by atoms with E-state index in [0.717, 1.165) is 18.2 Å². The van der Waals surface area contributed by atoms with Crippen molar-refractivity contribution < 1.29 is 13.6 Å². The van der Waals surface area contributed by atoms with E-state index in [1.54, 1.807) is 0 Å². The predicted molar refractivity (Wildman–Crippen MR) is 63.4 cm³/mol. The second-order valence-electron chi connectivity index (χ2n) is 4.02. The third-order valence-corrected chi connectivity index (χ3v) is 3.22. The minimum absolute atomic E-state index is 0.0896. The van der Waals surface area contributed by atoms with Crippen LogP contribution in [-0.4, -0.2) is 10.9 Å². The molecular formula is C11H10F2N2OS. The summed E-state index contributed by atoms with van der Waals surface area (Å²) in [4.78, 5) is 11.9. The van der Waals surface area contributed by atoms with Crippen molar-refractivity contribution >= 4 is 28.8 Å². The third-order valence-electron chi connectivity index (χ3n) is 2.83. The Morgan fingerprint density at radius 1 is 1.41 bits per heavy atom. The summed E-state index contributed by atoms with van der Waals surface area (Å²) < 4.78 is 26.2. The van der Waals surface area contributed by atoms with Crippen molar-refractivity contribution in [2.75, 3.05) is 5.32 Å². The first-order valence-corrected chi connectivity index (χ1v) is 5.43. The highest BCUT2D eigenvalue weighted by molar-refractivity contribution is 7.80. The fourth-order valence-corrected chi connectivity index (χ4v) is 1.84. The molecule has 0 aliphatic heterocycles. The first-order chi connectivity index (χ1) is 7.95. The van der Waals surface area contributed by atoms with Crippen LogP contribution in [0.1, 0.15) is 12.8 Å². The minimum Gasteiger partial charge on any atom is -0.392 e. The molecule has 90 valence electrons. The standard InChI is InChI=1S/C11H10F2N2OS/c12-6-1-2-7(13)8(5-6)15-10(16)11(3-4-11)9(14)17/h1-2,5H,3-4H2,(H2,14,17)(H,15,16). The van der Waals surface area contributed by atoms with Crippen molar-refractivity contribution in [2.45, 2.75) is 12.8 Å². The van der Waals surface area contributed by atoms with Crippen molar-refractivity contribution in [3.63, 3.8) is 0 Å². The first-order valence-electron chi connectivity index (χ1n) is 5.02. The van der Waals surface area contributed by atoms with Gasteiger partial charge in [0.15, 0.2) is 0 Å². The van der Waals surface area contributed by atoms with Gasteiger partial charge in [-0.15, -0.1) is 0 Å². The van der Waals surface area contributed by atoms with Crippen LogP contribution in [0.25, 0.3) is 0 Å². The number of nitrogens with two attached hydrogens (primary N) is 1. The number of carbonyl (C=O) groups is 1. The van der Waals surface area contributed by atoms with Gasteiger partial charge in [-0.25, -0.2) is 8.78 Å². The highest BCUT2D eigenvalue weighted by Crippen LogP contribution is 2.46. The fraction of sp³-hybridized carbons (Fsp3) is 0.273. The molecular weight excluding hydrogens is 246 g/mol. The third kappa shape index (κ3) is 2.12. The van der Waals surface area contributed by atoms with Crippen molar-refractivity contribution in [1.82, 2.24) is 0 Å². The lowest BCUT2D eigenvalue weighted by Gasteiger charge is -2.13. The smallest absolute Gasteiger partial charge is 0.237 e. The molecule has 1 aromatic rings. The zero-order valence-corrected chi connectivity index (χ0v) is 9.61. The van der Waals surface area contributed by atoms with E-state index in [4.69, 9.17) is 18.0 Å². The Morgan fingerprint density at radius 3 is 2.59 bits per heavy atom. The fourth-order valence-electron chi connectivity index (χ4n) is 1.55. The number of hydrogen-bond donors (Lipinski definition) is 2. The van der Waals surface area contributed by atoms with Gasteiger partial charge in [-0.05, 0) is 25.0 Å². The van der Waals surface area contributed by atoms with Gasteiger partial charge in [0.05, 0.1) is 16.1 Å². The maximum atomic E-state index is 13.3. The number of amides is 1. The van der Waals surface area contributed by atoms with E-state index in [1.165, 1.54) is 0 Å². The molecule has 0 atom stereocenters. The molecule has 1 aliphatic carbocycles.